The average Bonchev–Trinajstić information content (AvgIpc) is 3.07. The third kappa shape index (κ3) is 3.81. The minimum atomic E-state index is -0.0117. The molecule has 0 unspecified atom stereocenters. The molecular weight excluding hydrogens is 362 g/mol. The van der Waals surface area contributed by atoms with Gasteiger partial charge in [0.05, 0.1) is 18.0 Å². The third-order valence-corrected chi connectivity index (χ3v) is 5.11. The number of hydrogen-bond acceptors (Lipinski definition) is 3. The number of aryl methyl sites for hydroxylation is 4. The van der Waals surface area contributed by atoms with E-state index in [1.807, 2.05) is 77.7 Å². The van der Waals surface area contributed by atoms with E-state index in [1.165, 1.54) is 5.56 Å². The van der Waals surface area contributed by atoms with Crippen molar-refractivity contribution in [2.24, 2.45) is 0 Å². The summed E-state index contributed by atoms with van der Waals surface area (Å²) in [5, 5.41) is 5.77. The standard InChI is InChI=1S/C24H25N3O2/c1-17-10-12-21(13-11-17)29-15-7-14-26-22(28)16-18(2)23-19(3)25-27(24(23)26)20-8-5-4-6-9-20/h4-6,8-13,16H,7,14-15H2,1-3H3. The zero-order chi connectivity index (χ0) is 20.4. The zero-order valence-corrected chi connectivity index (χ0v) is 17.1. The molecule has 0 bridgehead atoms. The summed E-state index contributed by atoms with van der Waals surface area (Å²) in [6.45, 7) is 7.13. The molecule has 0 N–H and O–H groups in total. The molecule has 29 heavy (non-hydrogen) atoms. The fraction of sp³-hybridized carbons (Fsp3) is 0.250. The van der Waals surface area contributed by atoms with E-state index in [-0.39, 0.29) is 5.56 Å². The van der Waals surface area contributed by atoms with Gasteiger partial charge < -0.3 is 4.74 Å². The predicted octanol–water partition coefficient (Wildman–Crippen LogP) is 4.58. The predicted molar refractivity (Wildman–Crippen MR) is 116 cm³/mol. The molecule has 2 heterocycles. The van der Waals surface area contributed by atoms with E-state index in [0.717, 1.165) is 40.1 Å². The summed E-state index contributed by atoms with van der Waals surface area (Å²) in [6.07, 6.45) is 0.727. The molecule has 2 aromatic heterocycles. The van der Waals surface area contributed by atoms with Crippen molar-refractivity contribution in [3.05, 3.63) is 87.8 Å². The minimum Gasteiger partial charge on any atom is -0.494 e. The highest BCUT2D eigenvalue weighted by Crippen LogP contribution is 2.24. The van der Waals surface area contributed by atoms with Crippen molar-refractivity contribution in [3.8, 4) is 11.4 Å². The van der Waals surface area contributed by atoms with Crippen LogP contribution >= 0.6 is 0 Å². The van der Waals surface area contributed by atoms with Crippen LogP contribution in [0.3, 0.4) is 0 Å². The van der Waals surface area contributed by atoms with Gasteiger partial charge in [0.15, 0.2) is 0 Å². The molecule has 148 valence electrons. The first kappa shape index (κ1) is 19.0. The first-order valence-electron chi connectivity index (χ1n) is 9.89. The number of nitrogens with zero attached hydrogens (tertiary/aromatic N) is 3. The van der Waals surface area contributed by atoms with Crippen molar-refractivity contribution in [2.75, 3.05) is 6.61 Å². The van der Waals surface area contributed by atoms with Gasteiger partial charge in [0.25, 0.3) is 5.56 Å². The van der Waals surface area contributed by atoms with E-state index >= 15 is 0 Å². The number of fused-ring (bicyclic) bond motifs is 1. The van der Waals surface area contributed by atoms with Crippen molar-refractivity contribution in [3.63, 3.8) is 0 Å². The molecule has 0 aliphatic carbocycles. The van der Waals surface area contributed by atoms with Gasteiger partial charge in [0.2, 0.25) is 0 Å². The average molecular weight is 387 g/mol. The van der Waals surface area contributed by atoms with Crippen LogP contribution in [0.25, 0.3) is 16.7 Å². The maximum absolute atomic E-state index is 12.8. The van der Waals surface area contributed by atoms with Crippen LogP contribution in [0.15, 0.2) is 65.5 Å². The van der Waals surface area contributed by atoms with Crippen LogP contribution in [0.5, 0.6) is 5.75 Å². The van der Waals surface area contributed by atoms with Crippen molar-refractivity contribution in [1.29, 1.82) is 0 Å². The quantitative estimate of drug-likeness (QED) is 0.455. The Bertz CT molecular complexity index is 1190. The van der Waals surface area contributed by atoms with Crippen LogP contribution in [0.4, 0.5) is 0 Å². The topological polar surface area (TPSA) is 49.1 Å². The Labute approximate surface area is 170 Å². The molecule has 0 saturated carbocycles. The van der Waals surface area contributed by atoms with E-state index in [2.05, 4.69) is 6.92 Å². The Morgan fingerprint density at radius 3 is 2.41 bits per heavy atom. The number of aromatic nitrogens is 3. The molecule has 0 amide bonds. The van der Waals surface area contributed by atoms with Crippen LogP contribution in [-0.2, 0) is 6.54 Å². The van der Waals surface area contributed by atoms with E-state index < -0.39 is 0 Å². The number of ether oxygens (including phenoxy) is 1. The second-order valence-electron chi connectivity index (χ2n) is 7.36. The van der Waals surface area contributed by atoms with Gasteiger partial charge in [-0.1, -0.05) is 35.9 Å². The van der Waals surface area contributed by atoms with Gasteiger partial charge in [-0.2, -0.15) is 5.10 Å². The van der Waals surface area contributed by atoms with Gasteiger partial charge >= 0.3 is 0 Å². The van der Waals surface area contributed by atoms with Crippen LogP contribution in [0.2, 0.25) is 0 Å². The Hall–Kier alpha value is -3.34. The van der Waals surface area contributed by atoms with Gasteiger partial charge in [-0.05, 0) is 57.0 Å². The normalized spacial score (nSPS) is 11.1. The lowest BCUT2D eigenvalue weighted by Crippen LogP contribution is -2.23. The molecule has 0 saturated heterocycles. The highest BCUT2D eigenvalue weighted by molar-refractivity contribution is 5.83. The van der Waals surface area contributed by atoms with Gasteiger partial charge in [-0.15, -0.1) is 0 Å². The first-order chi connectivity index (χ1) is 14.0. The minimum absolute atomic E-state index is 0.0117. The van der Waals surface area contributed by atoms with Crippen LogP contribution in [0, 0.1) is 20.8 Å². The number of rotatable bonds is 6. The molecule has 0 spiro atoms. The Balaban J connectivity index is 1.65. The van der Waals surface area contributed by atoms with E-state index in [9.17, 15) is 4.79 Å². The maximum atomic E-state index is 12.8. The molecule has 4 aromatic rings. The van der Waals surface area contributed by atoms with Crippen molar-refractivity contribution >= 4 is 11.0 Å². The fourth-order valence-corrected chi connectivity index (χ4v) is 3.68. The monoisotopic (exact) mass is 387 g/mol. The van der Waals surface area contributed by atoms with Crippen LogP contribution < -0.4 is 10.3 Å². The van der Waals surface area contributed by atoms with Crippen molar-refractivity contribution < 1.29 is 4.74 Å². The zero-order valence-electron chi connectivity index (χ0n) is 17.1. The third-order valence-electron chi connectivity index (χ3n) is 5.11. The second kappa shape index (κ2) is 7.95. The molecule has 5 heteroatoms. The molecule has 0 aliphatic heterocycles. The lowest BCUT2D eigenvalue weighted by molar-refractivity contribution is 0.301. The molecule has 5 nitrogen and oxygen atoms in total. The SMILES string of the molecule is Cc1ccc(OCCCn2c(=O)cc(C)c3c(C)nn(-c4ccccc4)c32)cc1. The van der Waals surface area contributed by atoms with Gasteiger partial charge in [-0.3, -0.25) is 9.36 Å². The highest BCUT2D eigenvalue weighted by atomic mass is 16.5. The lowest BCUT2D eigenvalue weighted by Gasteiger charge is -2.13. The Morgan fingerprint density at radius 1 is 0.966 bits per heavy atom. The molecular formula is C24H25N3O2. The number of para-hydroxylation sites is 1. The maximum Gasteiger partial charge on any atom is 0.252 e. The van der Waals surface area contributed by atoms with Crippen molar-refractivity contribution in [2.45, 2.75) is 33.7 Å². The summed E-state index contributed by atoms with van der Waals surface area (Å²) in [5.74, 6) is 0.849. The summed E-state index contributed by atoms with van der Waals surface area (Å²) in [6, 6.07) is 19.6. The number of benzene rings is 2. The Morgan fingerprint density at radius 2 is 1.69 bits per heavy atom. The summed E-state index contributed by atoms with van der Waals surface area (Å²) in [7, 11) is 0. The highest BCUT2D eigenvalue weighted by Gasteiger charge is 2.16. The van der Waals surface area contributed by atoms with E-state index in [0.29, 0.717) is 13.2 Å². The van der Waals surface area contributed by atoms with Crippen LogP contribution in [0.1, 0.15) is 23.2 Å². The lowest BCUT2D eigenvalue weighted by atomic mass is 10.1. The molecule has 0 atom stereocenters. The van der Waals surface area contributed by atoms with Gasteiger partial charge in [0, 0.05) is 18.0 Å². The summed E-state index contributed by atoms with van der Waals surface area (Å²) in [5.41, 5.74) is 4.86. The fourth-order valence-electron chi connectivity index (χ4n) is 3.68. The smallest absolute Gasteiger partial charge is 0.252 e. The number of pyridine rings is 1. The molecule has 0 radical (unpaired) electrons. The number of hydrogen-bond donors (Lipinski definition) is 0. The Kier molecular flexibility index (Phi) is 5.21. The van der Waals surface area contributed by atoms with E-state index in [4.69, 9.17) is 9.84 Å². The molecule has 0 aliphatic rings. The van der Waals surface area contributed by atoms with Crippen LogP contribution in [-0.4, -0.2) is 21.0 Å². The van der Waals surface area contributed by atoms with Gasteiger partial charge in [-0.25, -0.2) is 4.68 Å². The van der Waals surface area contributed by atoms with Gasteiger partial charge in [0.1, 0.15) is 11.4 Å². The molecule has 4 rings (SSSR count). The first-order valence-corrected chi connectivity index (χ1v) is 9.89. The summed E-state index contributed by atoms with van der Waals surface area (Å²) < 4.78 is 9.53. The van der Waals surface area contributed by atoms with Crippen molar-refractivity contribution in [1.82, 2.24) is 14.3 Å². The summed E-state index contributed by atoms with van der Waals surface area (Å²) in [4.78, 5) is 12.8. The molecule has 2 aromatic carbocycles. The second-order valence-corrected chi connectivity index (χ2v) is 7.36. The molecule has 0 fully saturated rings. The van der Waals surface area contributed by atoms with E-state index in [1.54, 1.807) is 6.07 Å². The summed E-state index contributed by atoms with van der Waals surface area (Å²) >= 11 is 0. The largest absolute Gasteiger partial charge is 0.494 e.